The van der Waals surface area contributed by atoms with Gasteiger partial charge in [0.25, 0.3) is 0 Å². The molecule has 0 spiro atoms. The van der Waals surface area contributed by atoms with Crippen LogP contribution in [0, 0.1) is 0 Å². The first-order chi connectivity index (χ1) is 9.43. The normalized spacial score (nSPS) is 23.8. The highest BCUT2D eigenvalue weighted by Crippen LogP contribution is 1.95. The summed E-state index contributed by atoms with van der Waals surface area (Å²) in [6.45, 7) is 12.8. The Hall–Kier alpha value is -0.160. The first kappa shape index (κ1) is 16.9. The Morgan fingerprint density at radius 1 is 0.632 bits per heavy atom. The van der Waals surface area contributed by atoms with Crippen molar-refractivity contribution in [1.82, 2.24) is 20.9 Å². The molecule has 0 unspecified atom stereocenters. The maximum Gasteiger partial charge on any atom is 0.0107 e. The van der Waals surface area contributed by atoms with Crippen LogP contribution in [0.15, 0.2) is 0 Å². The van der Waals surface area contributed by atoms with Crippen LogP contribution in [0.1, 0.15) is 39.0 Å². The summed E-state index contributed by atoms with van der Waals surface area (Å²) in [7, 11) is 0. The zero-order valence-electron chi connectivity index (χ0n) is 12.8. The maximum absolute atomic E-state index is 3.57. The molecule has 0 saturated carbocycles. The summed E-state index contributed by atoms with van der Waals surface area (Å²) in [6.07, 6.45) is 6.57. The molecule has 1 rings (SSSR count). The molecule has 4 heteroatoms. The molecular weight excluding hydrogens is 236 g/mol. The van der Waals surface area contributed by atoms with Crippen LogP contribution in [0.3, 0.4) is 0 Å². The Morgan fingerprint density at radius 3 is 1.84 bits per heavy atom. The van der Waals surface area contributed by atoms with Gasteiger partial charge in [-0.2, -0.15) is 0 Å². The van der Waals surface area contributed by atoms with Crippen molar-refractivity contribution in [3.63, 3.8) is 0 Å². The number of nitrogens with zero attached hydrogens (tertiary/aromatic N) is 1. The Balaban J connectivity index is 2.15. The van der Waals surface area contributed by atoms with E-state index in [1.54, 1.807) is 0 Å². The van der Waals surface area contributed by atoms with Gasteiger partial charge in [0, 0.05) is 26.2 Å². The zero-order chi connectivity index (χ0) is 13.6. The third-order valence-electron chi connectivity index (χ3n) is 3.82. The zero-order valence-corrected chi connectivity index (χ0v) is 12.8. The second-order valence-electron chi connectivity index (χ2n) is 5.45. The van der Waals surface area contributed by atoms with E-state index in [2.05, 4.69) is 27.8 Å². The monoisotopic (exact) mass is 270 g/mol. The number of hydrogen-bond acceptors (Lipinski definition) is 4. The molecule has 0 bridgehead atoms. The van der Waals surface area contributed by atoms with Gasteiger partial charge in [0.2, 0.25) is 0 Å². The van der Waals surface area contributed by atoms with Gasteiger partial charge in [0.1, 0.15) is 0 Å². The van der Waals surface area contributed by atoms with E-state index in [-0.39, 0.29) is 0 Å². The van der Waals surface area contributed by atoms with Crippen molar-refractivity contribution >= 4 is 0 Å². The molecule has 0 aliphatic carbocycles. The first-order valence-electron chi connectivity index (χ1n) is 8.28. The van der Waals surface area contributed by atoms with E-state index in [0.29, 0.717) is 0 Å². The van der Waals surface area contributed by atoms with Crippen molar-refractivity contribution in [2.75, 3.05) is 58.9 Å². The molecule has 0 amide bonds. The Kier molecular flexibility index (Phi) is 11.4. The Labute approximate surface area is 119 Å². The number of likely N-dealkylation sites (N-methyl/N-ethyl adjacent to an activating group) is 1. The molecule has 4 nitrogen and oxygen atoms in total. The standard InChI is InChI=1S/C15H34N4/c1-2-19-14-7-6-10-17-12-11-16-8-4-3-5-9-18-13-15-19/h16-18H,2-15H2,1H3. The highest BCUT2D eigenvalue weighted by Gasteiger charge is 2.01. The first-order valence-corrected chi connectivity index (χ1v) is 8.28. The fourth-order valence-corrected chi connectivity index (χ4v) is 2.48. The molecule has 0 aromatic rings. The van der Waals surface area contributed by atoms with Gasteiger partial charge in [-0.25, -0.2) is 0 Å². The largest absolute Gasteiger partial charge is 0.315 e. The third-order valence-corrected chi connectivity index (χ3v) is 3.82. The van der Waals surface area contributed by atoms with Gasteiger partial charge in [-0.05, 0) is 58.4 Å². The fourth-order valence-electron chi connectivity index (χ4n) is 2.48. The molecule has 1 aliphatic rings. The summed E-state index contributed by atoms with van der Waals surface area (Å²) in [5, 5.41) is 10.6. The van der Waals surface area contributed by atoms with Crippen LogP contribution in [0.2, 0.25) is 0 Å². The van der Waals surface area contributed by atoms with Crippen LogP contribution in [0.4, 0.5) is 0 Å². The van der Waals surface area contributed by atoms with Crippen LogP contribution < -0.4 is 16.0 Å². The molecule has 0 aromatic heterocycles. The van der Waals surface area contributed by atoms with E-state index in [0.717, 1.165) is 26.2 Å². The highest BCUT2D eigenvalue weighted by molar-refractivity contribution is 4.61. The average molecular weight is 270 g/mol. The smallest absolute Gasteiger partial charge is 0.0107 e. The number of nitrogens with one attached hydrogen (secondary N) is 3. The lowest BCUT2D eigenvalue weighted by atomic mass is 10.2. The average Bonchev–Trinajstić information content (AvgIpc) is 2.44. The number of rotatable bonds is 1. The van der Waals surface area contributed by atoms with Crippen LogP contribution in [0.5, 0.6) is 0 Å². The molecule has 1 aliphatic heterocycles. The van der Waals surface area contributed by atoms with E-state index < -0.39 is 0 Å². The summed E-state index contributed by atoms with van der Waals surface area (Å²) in [6, 6.07) is 0. The van der Waals surface area contributed by atoms with Gasteiger partial charge in [-0.1, -0.05) is 13.3 Å². The molecule has 3 N–H and O–H groups in total. The minimum atomic E-state index is 1.11. The lowest BCUT2D eigenvalue weighted by Gasteiger charge is -2.20. The predicted octanol–water partition coefficient (Wildman–Crippen LogP) is 1.04. The SMILES string of the molecule is CCN1CCCCNCCNCCCCCNCC1. The molecule has 19 heavy (non-hydrogen) atoms. The Bertz CT molecular complexity index is 169. The lowest BCUT2D eigenvalue weighted by Crippen LogP contribution is -2.33. The van der Waals surface area contributed by atoms with E-state index in [4.69, 9.17) is 0 Å². The molecule has 114 valence electrons. The quantitative estimate of drug-likeness (QED) is 0.666. The van der Waals surface area contributed by atoms with Crippen molar-refractivity contribution in [2.45, 2.75) is 39.0 Å². The topological polar surface area (TPSA) is 39.3 Å². The van der Waals surface area contributed by atoms with Crippen molar-refractivity contribution in [3.8, 4) is 0 Å². The van der Waals surface area contributed by atoms with Crippen molar-refractivity contribution in [1.29, 1.82) is 0 Å². The summed E-state index contributed by atoms with van der Waals surface area (Å²) < 4.78 is 0. The fraction of sp³-hybridized carbons (Fsp3) is 1.00. The predicted molar refractivity (Wildman–Crippen MR) is 83.8 cm³/mol. The second-order valence-corrected chi connectivity index (χ2v) is 5.45. The van der Waals surface area contributed by atoms with Crippen LogP contribution in [-0.2, 0) is 0 Å². The maximum atomic E-state index is 3.57. The molecule has 1 fully saturated rings. The van der Waals surface area contributed by atoms with E-state index in [9.17, 15) is 0 Å². The highest BCUT2D eigenvalue weighted by atomic mass is 15.1. The molecular formula is C15H34N4. The lowest BCUT2D eigenvalue weighted by molar-refractivity contribution is 0.280. The summed E-state index contributed by atoms with van der Waals surface area (Å²) in [5.74, 6) is 0. The summed E-state index contributed by atoms with van der Waals surface area (Å²) >= 11 is 0. The van der Waals surface area contributed by atoms with E-state index in [1.165, 1.54) is 64.8 Å². The third kappa shape index (κ3) is 10.3. The van der Waals surface area contributed by atoms with Crippen molar-refractivity contribution in [2.24, 2.45) is 0 Å². The van der Waals surface area contributed by atoms with Crippen LogP contribution in [-0.4, -0.2) is 63.8 Å². The molecule has 0 aromatic carbocycles. The molecule has 0 radical (unpaired) electrons. The summed E-state index contributed by atoms with van der Waals surface area (Å²) in [5.41, 5.74) is 0. The Morgan fingerprint density at radius 2 is 1.21 bits per heavy atom. The van der Waals surface area contributed by atoms with Crippen molar-refractivity contribution < 1.29 is 0 Å². The van der Waals surface area contributed by atoms with Gasteiger partial charge < -0.3 is 20.9 Å². The van der Waals surface area contributed by atoms with Crippen LogP contribution >= 0.6 is 0 Å². The van der Waals surface area contributed by atoms with E-state index in [1.807, 2.05) is 0 Å². The van der Waals surface area contributed by atoms with Crippen LogP contribution in [0.25, 0.3) is 0 Å². The van der Waals surface area contributed by atoms with Gasteiger partial charge in [-0.15, -0.1) is 0 Å². The van der Waals surface area contributed by atoms with Gasteiger partial charge in [0.15, 0.2) is 0 Å². The number of hydrogen-bond donors (Lipinski definition) is 3. The van der Waals surface area contributed by atoms with E-state index >= 15 is 0 Å². The molecule has 1 heterocycles. The van der Waals surface area contributed by atoms with Gasteiger partial charge in [-0.3, -0.25) is 0 Å². The van der Waals surface area contributed by atoms with Crippen molar-refractivity contribution in [3.05, 3.63) is 0 Å². The van der Waals surface area contributed by atoms with Gasteiger partial charge >= 0.3 is 0 Å². The minimum absolute atomic E-state index is 1.11. The second kappa shape index (κ2) is 12.9. The minimum Gasteiger partial charge on any atom is -0.315 e. The summed E-state index contributed by atoms with van der Waals surface area (Å²) in [4.78, 5) is 2.56. The molecule has 1 saturated heterocycles. The van der Waals surface area contributed by atoms with Gasteiger partial charge in [0.05, 0.1) is 0 Å². The molecule has 0 atom stereocenters.